The molecule has 0 aliphatic carbocycles. The summed E-state index contributed by atoms with van der Waals surface area (Å²) in [6.45, 7) is 27.9. The first kappa shape index (κ1) is 69.9. The highest BCUT2D eigenvalue weighted by Crippen LogP contribution is 2.33. The van der Waals surface area contributed by atoms with E-state index in [4.69, 9.17) is 11.6 Å². The number of likely N-dealkylation sites (N-methyl/N-ethyl adjacent to an activating group) is 1. The van der Waals surface area contributed by atoms with Gasteiger partial charge >= 0.3 is 23.2 Å². The Morgan fingerprint density at radius 1 is 0.515 bits per heavy atom. The highest BCUT2D eigenvalue weighted by Gasteiger charge is 2.33. The van der Waals surface area contributed by atoms with Crippen molar-refractivity contribution in [2.45, 2.75) is 132 Å². The number of alkyl halides is 3. The fourth-order valence-corrected chi connectivity index (χ4v) is 11.8. The van der Waals surface area contributed by atoms with Crippen LogP contribution in [-0.4, -0.2) is 90.1 Å². The summed E-state index contributed by atoms with van der Waals surface area (Å²) in [7, 11) is 1.72. The molecule has 0 bridgehead atoms. The number of benzene rings is 6. The summed E-state index contributed by atoms with van der Waals surface area (Å²) < 4.78 is 45.6. The van der Waals surface area contributed by atoms with Gasteiger partial charge in [-0.2, -0.15) is 28.1 Å². The Morgan fingerprint density at radius 3 is 1.33 bits per heavy atom. The van der Waals surface area contributed by atoms with Gasteiger partial charge in [0.1, 0.15) is 0 Å². The zero-order valence-corrected chi connectivity index (χ0v) is 57.1. The first-order chi connectivity index (χ1) is 45.7. The van der Waals surface area contributed by atoms with Crippen LogP contribution in [0.1, 0.15) is 109 Å². The van der Waals surface area contributed by atoms with Crippen LogP contribution in [0.5, 0.6) is 0 Å². The minimum absolute atomic E-state index is 0.0374. The molecule has 21 nitrogen and oxygen atoms in total. The van der Waals surface area contributed by atoms with E-state index in [1.54, 1.807) is 22.6 Å². The van der Waals surface area contributed by atoms with E-state index in [9.17, 15) is 41.9 Å². The maximum Gasteiger partial charge on any atom is 0.416 e. The largest absolute Gasteiger partial charge is 0.416 e. The van der Waals surface area contributed by atoms with Gasteiger partial charge in [0.25, 0.3) is 16.7 Å². The quantitative estimate of drug-likeness (QED) is 0.0597. The predicted octanol–water partition coefficient (Wildman–Crippen LogP) is 10.6. The molecule has 6 heterocycles. The van der Waals surface area contributed by atoms with Crippen LogP contribution in [-0.2, 0) is 43.3 Å². The molecule has 0 radical (unpaired) electrons. The number of hydrogen-bond acceptors (Lipinski definition) is 15. The monoisotopic (exact) mass is 1340 g/mol. The normalized spacial score (nSPS) is 12.4. The van der Waals surface area contributed by atoms with Gasteiger partial charge in [-0.3, -0.25) is 29.3 Å². The standard InChI is InChI=1S/C26H31N5O2.C23H24ClN5O2.C23H22F3N5O2/c1-15-13-20-21(14-16(15)2)31(23-22(28-20)24(32)30-25(33)29-23)12-11-27-17(3)18-7-9-19(10-8-18)26(4,5)6;1-13-11-17-18(12-14(13)2)29(20-19(26-17)21(30)28-22(31)27-20)10-9-25-23(3,4)15-5-7-16(24)8-6-15;1-13-10-17-18(11-14(13)2)31(20-19(27-17)21(32)29-22(33)28-20)9-8-30(3)12-15-6-4-5-7-16(15)23(24,25)26/h7-10,13-14,17,27H,11-12H2,1-6H3,(H,30,32,33);5-8,11-12,25H,9-10H2,1-4H3,(H,28,30,31);4-7,10-11H,8-9,12H2,1-3H3,(H,29,32,33). The summed E-state index contributed by atoms with van der Waals surface area (Å²) in [4.78, 5) is 107. The predicted molar refractivity (Wildman–Crippen MR) is 373 cm³/mol. The number of nitrogens with one attached hydrogen (secondary N) is 5. The first-order valence-electron chi connectivity index (χ1n) is 31.7. The number of H-pyrrole nitrogens is 3. The minimum atomic E-state index is -4.44. The lowest BCUT2D eigenvalue weighted by molar-refractivity contribution is -0.138. The molecular formula is C72H77ClF3N15O6. The SMILES string of the molecule is Cc1cc2nc3c(=O)[nH]c(=O)nc-3n(CCN(C)Cc3ccccc3C(F)(F)F)c2cc1C.Cc1cc2nc3c(=O)[nH]c(=O)nc-3n(CCNC(C)(C)c3ccc(Cl)cc3)c2cc1C.Cc1cc2nc3c(=O)[nH]c(=O)nc-3n(CCNC(C)c3ccc(C(C)(C)C)cc3)c2cc1C. The molecule has 12 rings (SSSR count). The molecule has 1 unspecified atom stereocenters. The van der Waals surface area contributed by atoms with Gasteiger partial charge in [0, 0.05) is 62.4 Å². The molecule has 0 spiro atoms. The van der Waals surface area contributed by atoms with Crippen molar-refractivity contribution < 1.29 is 13.2 Å². The van der Waals surface area contributed by atoms with Crippen molar-refractivity contribution in [2.24, 2.45) is 0 Å². The summed E-state index contributed by atoms with van der Waals surface area (Å²) >= 11 is 6.02. The first-order valence-corrected chi connectivity index (χ1v) is 32.1. The molecule has 0 amide bonds. The van der Waals surface area contributed by atoms with Crippen LogP contribution in [0.15, 0.2) is 138 Å². The van der Waals surface area contributed by atoms with E-state index in [0.29, 0.717) is 72.2 Å². The van der Waals surface area contributed by atoms with Gasteiger partial charge in [0.2, 0.25) is 0 Å². The van der Waals surface area contributed by atoms with Crippen molar-refractivity contribution in [3.05, 3.63) is 238 Å². The molecule has 1 atom stereocenters. The lowest BCUT2D eigenvalue weighted by atomic mass is 9.86. The lowest BCUT2D eigenvalue weighted by Gasteiger charge is -2.28. The Bertz CT molecular complexity index is 5210. The van der Waals surface area contributed by atoms with E-state index in [1.165, 1.54) is 23.3 Å². The van der Waals surface area contributed by atoms with Crippen LogP contribution in [0.2, 0.25) is 5.02 Å². The van der Waals surface area contributed by atoms with Crippen LogP contribution in [0, 0.1) is 41.5 Å². The van der Waals surface area contributed by atoms with Crippen molar-refractivity contribution in [3.8, 4) is 34.6 Å². The van der Waals surface area contributed by atoms with E-state index < -0.39 is 45.5 Å². The molecule has 0 saturated heterocycles. The van der Waals surface area contributed by atoms with E-state index in [0.717, 1.165) is 56.0 Å². The lowest BCUT2D eigenvalue weighted by Crippen LogP contribution is -2.39. The second-order valence-electron chi connectivity index (χ2n) is 26.2. The number of aromatic amines is 3. The summed E-state index contributed by atoms with van der Waals surface area (Å²) in [5.74, 6) is 0.739. The third-order valence-electron chi connectivity index (χ3n) is 17.7. The van der Waals surface area contributed by atoms with Crippen molar-refractivity contribution in [3.63, 3.8) is 0 Å². The fraction of sp³-hybridized carbons (Fsp3) is 0.333. The third-order valence-corrected chi connectivity index (χ3v) is 17.9. The average molecular weight is 1340 g/mol. The van der Waals surface area contributed by atoms with Crippen molar-refractivity contribution in [2.75, 3.05) is 26.7 Å². The highest BCUT2D eigenvalue weighted by molar-refractivity contribution is 6.30. The van der Waals surface area contributed by atoms with E-state index in [2.05, 4.69) is 121 Å². The molecule has 6 aliphatic rings. The van der Waals surface area contributed by atoms with Crippen LogP contribution in [0.25, 0.3) is 67.7 Å². The molecule has 0 saturated carbocycles. The average Bonchev–Trinajstić information content (AvgIpc) is 0.768. The molecule has 97 heavy (non-hydrogen) atoms. The Balaban J connectivity index is 0.000000158. The highest BCUT2D eigenvalue weighted by atomic mass is 35.5. The summed E-state index contributed by atoms with van der Waals surface area (Å²) in [5, 5.41) is 7.80. The minimum Gasteiger partial charge on any atom is -0.321 e. The van der Waals surface area contributed by atoms with Gasteiger partial charge in [0.15, 0.2) is 34.6 Å². The van der Waals surface area contributed by atoms with Crippen LogP contribution >= 0.6 is 11.6 Å². The van der Waals surface area contributed by atoms with Crippen molar-refractivity contribution in [1.82, 2.24) is 74.1 Å². The Morgan fingerprint density at radius 2 is 0.907 bits per heavy atom. The second-order valence-corrected chi connectivity index (χ2v) is 26.6. The number of rotatable bonds is 15. The zero-order valence-electron chi connectivity index (χ0n) is 56.4. The zero-order chi connectivity index (χ0) is 70.2. The van der Waals surface area contributed by atoms with E-state index in [1.807, 2.05) is 111 Å². The van der Waals surface area contributed by atoms with Gasteiger partial charge < -0.3 is 29.2 Å². The maximum absolute atomic E-state index is 13.3. The molecule has 6 aromatic carbocycles. The third kappa shape index (κ3) is 15.7. The van der Waals surface area contributed by atoms with Crippen LogP contribution in [0.3, 0.4) is 0 Å². The van der Waals surface area contributed by atoms with Crippen molar-refractivity contribution >= 4 is 44.7 Å². The van der Waals surface area contributed by atoms with E-state index >= 15 is 0 Å². The Kier molecular flexibility index (Phi) is 20.2. The Hall–Kier alpha value is -9.88. The van der Waals surface area contributed by atoms with Gasteiger partial charge in [-0.05, 0) is 185 Å². The number of fused-ring (bicyclic) bond motifs is 6. The number of hydrogen-bond donors (Lipinski definition) is 5. The smallest absolute Gasteiger partial charge is 0.321 e. The molecule has 0 aromatic heterocycles. The summed E-state index contributed by atoms with van der Waals surface area (Å²) in [6, 6.07) is 33.8. The Labute approximate surface area is 561 Å². The number of halogens is 4. The molecule has 5 N–H and O–H groups in total. The summed E-state index contributed by atoms with van der Waals surface area (Å²) in [5.41, 5.74) is 10.3. The molecule has 6 aliphatic heterocycles. The van der Waals surface area contributed by atoms with Gasteiger partial charge in [0.05, 0.1) is 38.7 Å². The maximum atomic E-state index is 13.3. The van der Waals surface area contributed by atoms with Gasteiger partial charge in [-0.15, -0.1) is 0 Å². The summed E-state index contributed by atoms with van der Waals surface area (Å²) in [6.07, 6.45) is -4.44. The van der Waals surface area contributed by atoms with Crippen molar-refractivity contribution in [1.29, 1.82) is 0 Å². The number of nitrogens with zero attached hydrogens (tertiary/aromatic N) is 10. The van der Waals surface area contributed by atoms with E-state index in [-0.39, 0.29) is 57.8 Å². The molecule has 6 aromatic rings. The second kappa shape index (κ2) is 28.1. The van der Waals surface area contributed by atoms with Crippen LogP contribution < -0.4 is 44.4 Å². The van der Waals surface area contributed by atoms with Gasteiger partial charge in [-0.25, -0.2) is 29.3 Å². The van der Waals surface area contributed by atoms with Gasteiger partial charge in [-0.1, -0.05) is 87.0 Å². The fourth-order valence-electron chi connectivity index (χ4n) is 11.6. The molecule has 25 heteroatoms. The van der Waals surface area contributed by atoms with Crippen LogP contribution in [0.4, 0.5) is 13.2 Å². The molecule has 0 fully saturated rings. The molecular weight excluding hydrogens is 1260 g/mol. The topological polar surface area (TPSA) is 269 Å². The number of aromatic nitrogens is 12. The number of aryl methyl sites for hydroxylation is 6. The molecule has 504 valence electrons.